The lowest BCUT2D eigenvalue weighted by Gasteiger charge is -2.16. The molecule has 74 valence electrons. The van der Waals surface area contributed by atoms with Gasteiger partial charge in [0.05, 0.1) is 0 Å². The standard InChI is InChI=1S/C12H15NO/c1-10(2)9-13(11(3)14)12-7-5-4-6-8-12/h4-9H,1-3H3. The van der Waals surface area contributed by atoms with Gasteiger partial charge in [-0.15, -0.1) is 0 Å². The molecule has 0 bridgehead atoms. The van der Waals surface area contributed by atoms with Gasteiger partial charge in [0.1, 0.15) is 0 Å². The molecule has 0 fully saturated rings. The highest BCUT2D eigenvalue weighted by Crippen LogP contribution is 2.14. The Hall–Kier alpha value is -1.57. The van der Waals surface area contributed by atoms with Crippen LogP contribution in [0.25, 0.3) is 0 Å². The molecule has 0 radical (unpaired) electrons. The second kappa shape index (κ2) is 4.61. The van der Waals surface area contributed by atoms with Crippen molar-refractivity contribution in [3.63, 3.8) is 0 Å². The summed E-state index contributed by atoms with van der Waals surface area (Å²) in [5.74, 6) is 0.0254. The van der Waals surface area contributed by atoms with Crippen molar-refractivity contribution in [1.82, 2.24) is 0 Å². The lowest BCUT2D eigenvalue weighted by atomic mass is 10.2. The third-order valence-electron chi connectivity index (χ3n) is 1.76. The molecule has 0 N–H and O–H groups in total. The first-order valence-corrected chi connectivity index (χ1v) is 4.61. The summed E-state index contributed by atoms with van der Waals surface area (Å²) < 4.78 is 0. The van der Waals surface area contributed by atoms with E-state index in [0.717, 1.165) is 11.3 Å². The number of rotatable bonds is 2. The Kier molecular flexibility index (Phi) is 3.46. The van der Waals surface area contributed by atoms with Gasteiger partial charge in [-0.25, -0.2) is 0 Å². The highest BCUT2D eigenvalue weighted by Gasteiger charge is 2.06. The first-order valence-electron chi connectivity index (χ1n) is 4.61. The van der Waals surface area contributed by atoms with Crippen LogP contribution in [0.15, 0.2) is 42.1 Å². The number of amides is 1. The van der Waals surface area contributed by atoms with E-state index < -0.39 is 0 Å². The van der Waals surface area contributed by atoms with Crippen LogP contribution < -0.4 is 4.90 Å². The first kappa shape index (κ1) is 10.5. The molecule has 0 aliphatic carbocycles. The van der Waals surface area contributed by atoms with E-state index in [-0.39, 0.29) is 5.91 Å². The summed E-state index contributed by atoms with van der Waals surface area (Å²) in [4.78, 5) is 13.0. The molecule has 0 unspecified atom stereocenters. The van der Waals surface area contributed by atoms with Crippen molar-refractivity contribution in [1.29, 1.82) is 0 Å². The molecule has 1 rings (SSSR count). The molecule has 2 nitrogen and oxygen atoms in total. The normalized spacial score (nSPS) is 9.36. The second-order valence-electron chi connectivity index (χ2n) is 3.43. The molecule has 0 aliphatic heterocycles. The van der Waals surface area contributed by atoms with Gasteiger partial charge in [-0.1, -0.05) is 23.8 Å². The van der Waals surface area contributed by atoms with E-state index in [1.54, 1.807) is 11.8 Å². The number of allylic oxidation sites excluding steroid dienone is 1. The van der Waals surface area contributed by atoms with Crippen LogP contribution in [0.5, 0.6) is 0 Å². The Morgan fingerprint density at radius 3 is 2.14 bits per heavy atom. The van der Waals surface area contributed by atoms with Crippen molar-refractivity contribution in [3.05, 3.63) is 42.1 Å². The van der Waals surface area contributed by atoms with Gasteiger partial charge in [0.25, 0.3) is 0 Å². The van der Waals surface area contributed by atoms with E-state index in [2.05, 4.69) is 0 Å². The number of nitrogens with zero attached hydrogens (tertiary/aromatic N) is 1. The monoisotopic (exact) mass is 189 g/mol. The van der Waals surface area contributed by atoms with E-state index in [1.165, 1.54) is 0 Å². The largest absolute Gasteiger partial charge is 0.288 e. The summed E-state index contributed by atoms with van der Waals surface area (Å²) in [6.45, 7) is 5.50. The fraction of sp³-hybridized carbons (Fsp3) is 0.250. The van der Waals surface area contributed by atoms with Gasteiger partial charge >= 0.3 is 0 Å². The SMILES string of the molecule is CC(=O)N(C=C(C)C)c1ccccc1. The van der Waals surface area contributed by atoms with E-state index >= 15 is 0 Å². The highest BCUT2D eigenvalue weighted by molar-refractivity contribution is 5.93. The number of para-hydroxylation sites is 1. The quantitative estimate of drug-likeness (QED) is 0.700. The number of benzene rings is 1. The maximum Gasteiger partial charge on any atom is 0.227 e. The number of hydrogen-bond donors (Lipinski definition) is 0. The summed E-state index contributed by atoms with van der Waals surface area (Å²) in [5, 5.41) is 0. The van der Waals surface area contributed by atoms with Gasteiger partial charge in [0.15, 0.2) is 0 Å². The Morgan fingerprint density at radius 1 is 1.14 bits per heavy atom. The summed E-state index contributed by atoms with van der Waals surface area (Å²) in [7, 11) is 0. The second-order valence-corrected chi connectivity index (χ2v) is 3.43. The van der Waals surface area contributed by atoms with Crippen molar-refractivity contribution in [3.8, 4) is 0 Å². The van der Waals surface area contributed by atoms with Crippen LogP contribution in [0.3, 0.4) is 0 Å². The molecule has 0 heterocycles. The summed E-state index contributed by atoms with van der Waals surface area (Å²) >= 11 is 0. The minimum atomic E-state index is 0.0254. The van der Waals surface area contributed by atoms with Gasteiger partial charge in [0, 0.05) is 18.8 Å². The van der Waals surface area contributed by atoms with E-state index in [0.29, 0.717) is 0 Å². The number of anilines is 1. The molecule has 0 saturated heterocycles. The van der Waals surface area contributed by atoms with Gasteiger partial charge in [-0.05, 0) is 26.0 Å². The van der Waals surface area contributed by atoms with Crippen LogP contribution >= 0.6 is 0 Å². The molecule has 1 aromatic rings. The molecule has 2 heteroatoms. The van der Waals surface area contributed by atoms with Gasteiger partial charge in [-0.3, -0.25) is 9.69 Å². The Morgan fingerprint density at radius 2 is 1.71 bits per heavy atom. The van der Waals surface area contributed by atoms with E-state index in [4.69, 9.17) is 0 Å². The Bertz CT molecular complexity index is 337. The highest BCUT2D eigenvalue weighted by atomic mass is 16.2. The van der Waals surface area contributed by atoms with Crippen molar-refractivity contribution < 1.29 is 4.79 Å². The Balaban J connectivity index is 3.01. The number of hydrogen-bond acceptors (Lipinski definition) is 1. The third-order valence-corrected chi connectivity index (χ3v) is 1.76. The van der Waals surface area contributed by atoms with Crippen molar-refractivity contribution in [2.45, 2.75) is 20.8 Å². The van der Waals surface area contributed by atoms with Gasteiger partial charge < -0.3 is 0 Å². The van der Waals surface area contributed by atoms with Crippen LogP contribution in [0, 0.1) is 0 Å². The van der Waals surface area contributed by atoms with Crippen molar-refractivity contribution >= 4 is 11.6 Å². The van der Waals surface area contributed by atoms with Crippen LogP contribution in [0.2, 0.25) is 0 Å². The average Bonchev–Trinajstić information content (AvgIpc) is 2.15. The lowest BCUT2D eigenvalue weighted by molar-refractivity contribution is -0.116. The zero-order valence-corrected chi connectivity index (χ0v) is 8.82. The summed E-state index contributed by atoms with van der Waals surface area (Å²) in [6, 6.07) is 9.61. The van der Waals surface area contributed by atoms with Gasteiger partial charge in [-0.2, -0.15) is 0 Å². The molecule has 1 amide bonds. The smallest absolute Gasteiger partial charge is 0.227 e. The third kappa shape index (κ3) is 2.73. The van der Waals surface area contributed by atoms with Crippen molar-refractivity contribution in [2.24, 2.45) is 0 Å². The molecule has 14 heavy (non-hydrogen) atoms. The molecule has 0 atom stereocenters. The van der Waals surface area contributed by atoms with Crippen LogP contribution in [-0.4, -0.2) is 5.91 Å². The number of carbonyl (C=O) groups excluding carboxylic acids is 1. The predicted molar refractivity (Wildman–Crippen MR) is 59.0 cm³/mol. The topological polar surface area (TPSA) is 20.3 Å². The minimum absolute atomic E-state index is 0.0254. The average molecular weight is 189 g/mol. The predicted octanol–water partition coefficient (Wildman–Crippen LogP) is 2.96. The Labute approximate surface area is 84.9 Å². The fourth-order valence-electron chi connectivity index (χ4n) is 1.19. The first-order chi connectivity index (χ1) is 6.61. The molecular formula is C12H15NO. The summed E-state index contributed by atoms with van der Waals surface area (Å²) in [6.07, 6.45) is 1.84. The van der Waals surface area contributed by atoms with Crippen LogP contribution in [-0.2, 0) is 4.79 Å². The van der Waals surface area contributed by atoms with Crippen LogP contribution in [0.4, 0.5) is 5.69 Å². The summed E-state index contributed by atoms with van der Waals surface area (Å²) in [5.41, 5.74) is 2.00. The molecule has 0 aromatic heterocycles. The zero-order valence-electron chi connectivity index (χ0n) is 8.82. The molecule has 0 spiro atoms. The molecule has 0 aliphatic rings. The van der Waals surface area contributed by atoms with E-state index in [9.17, 15) is 4.79 Å². The van der Waals surface area contributed by atoms with E-state index in [1.807, 2.05) is 50.4 Å². The molecule has 0 saturated carbocycles. The molecule has 1 aromatic carbocycles. The van der Waals surface area contributed by atoms with Crippen LogP contribution in [0.1, 0.15) is 20.8 Å². The minimum Gasteiger partial charge on any atom is -0.288 e. The van der Waals surface area contributed by atoms with Gasteiger partial charge in [0.2, 0.25) is 5.91 Å². The molecular weight excluding hydrogens is 174 g/mol. The van der Waals surface area contributed by atoms with Crippen molar-refractivity contribution in [2.75, 3.05) is 4.90 Å². The maximum atomic E-state index is 11.4. The zero-order chi connectivity index (χ0) is 10.6. The maximum absolute atomic E-state index is 11.4. The lowest BCUT2D eigenvalue weighted by Crippen LogP contribution is -2.22. The number of carbonyl (C=O) groups is 1. The fourth-order valence-corrected chi connectivity index (χ4v) is 1.19.